The van der Waals surface area contributed by atoms with E-state index in [4.69, 9.17) is 16.7 Å². The first-order valence-electron chi connectivity index (χ1n) is 6.00. The van der Waals surface area contributed by atoms with Crippen LogP contribution in [0.4, 0.5) is 0 Å². The number of amidine groups is 1. The molecule has 7 nitrogen and oxygen atoms in total. The standard InChI is InChI=1S/C11H20N4O3/c1-7(10(13)14-18)11(17)15-4-2-8(3-5-15)6-9(12)16/h7-8,18H,2-6H2,1H3,(H2,12,16)(H2,13,14). The minimum absolute atomic E-state index is 0.0840. The molecule has 1 rings (SSSR count). The third-order valence-electron chi connectivity index (χ3n) is 3.35. The van der Waals surface area contributed by atoms with Crippen LogP contribution in [0.15, 0.2) is 5.16 Å². The van der Waals surface area contributed by atoms with E-state index in [0.29, 0.717) is 19.5 Å². The number of rotatable bonds is 4. The molecule has 1 unspecified atom stereocenters. The summed E-state index contributed by atoms with van der Waals surface area (Å²) in [5, 5.41) is 11.4. The topological polar surface area (TPSA) is 122 Å². The van der Waals surface area contributed by atoms with Gasteiger partial charge in [0.05, 0.1) is 5.92 Å². The summed E-state index contributed by atoms with van der Waals surface area (Å²) in [6, 6.07) is 0. The highest BCUT2D eigenvalue weighted by atomic mass is 16.4. The third-order valence-corrected chi connectivity index (χ3v) is 3.35. The Balaban J connectivity index is 2.47. The van der Waals surface area contributed by atoms with Gasteiger partial charge < -0.3 is 21.6 Å². The second-order valence-electron chi connectivity index (χ2n) is 4.69. The molecule has 1 atom stereocenters. The zero-order chi connectivity index (χ0) is 13.7. The number of likely N-dealkylation sites (tertiary alicyclic amines) is 1. The van der Waals surface area contributed by atoms with Gasteiger partial charge in [-0.25, -0.2) is 0 Å². The second-order valence-corrected chi connectivity index (χ2v) is 4.69. The number of nitrogens with two attached hydrogens (primary N) is 2. The van der Waals surface area contributed by atoms with Crippen LogP contribution in [0.25, 0.3) is 0 Å². The summed E-state index contributed by atoms with van der Waals surface area (Å²) in [4.78, 5) is 24.5. The van der Waals surface area contributed by atoms with E-state index >= 15 is 0 Å². The Labute approximate surface area is 106 Å². The molecule has 1 aliphatic rings. The molecule has 0 saturated carbocycles. The molecule has 1 aliphatic heterocycles. The van der Waals surface area contributed by atoms with Crippen LogP contribution in [-0.4, -0.2) is 40.8 Å². The number of hydrogen-bond acceptors (Lipinski definition) is 4. The minimum Gasteiger partial charge on any atom is -0.409 e. The average Bonchev–Trinajstić information content (AvgIpc) is 2.36. The van der Waals surface area contributed by atoms with Gasteiger partial charge in [-0.1, -0.05) is 5.16 Å². The van der Waals surface area contributed by atoms with Crippen LogP contribution in [0.1, 0.15) is 26.2 Å². The van der Waals surface area contributed by atoms with Crippen LogP contribution in [-0.2, 0) is 9.59 Å². The van der Waals surface area contributed by atoms with Crippen molar-refractivity contribution in [2.45, 2.75) is 26.2 Å². The number of oxime groups is 1. The molecule has 7 heteroatoms. The number of primary amides is 1. The van der Waals surface area contributed by atoms with Crippen molar-refractivity contribution in [3.05, 3.63) is 0 Å². The van der Waals surface area contributed by atoms with E-state index in [-0.39, 0.29) is 23.6 Å². The molecule has 1 heterocycles. The molecule has 2 amide bonds. The fourth-order valence-electron chi connectivity index (χ4n) is 2.13. The van der Waals surface area contributed by atoms with Crippen molar-refractivity contribution in [2.24, 2.45) is 28.5 Å². The first kappa shape index (κ1) is 14.3. The number of nitrogens with zero attached hydrogens (tertiary/aromatic N) is 2. The van der Waals surface area contributed by atoms with Crippen molar-refractivity contribution in [1.82, 2.24) is 4.90 Å². The lowest BCUT2D eigenvalue weighted by Gasteiger charge is -2.33. The lowest BCUT2D eigenvalue weighted by Crippen LogP contribution is -2.44. The molecule has 0 aromatic carbocycles. The molecule has 18 heavy (non-hydrogen) atoms. The lowest BCUT2D eigenvalue weighted by atomic mass is 9.92. The first-order chi connectivity index (χ1) is 8.45. The summed E-state index contributed by atoms with van der Waals surface area (Å²) in [6.45, 7) is 2.77. The van der Waals surface area contributed by atoms with E-state index in [0.717, 1.165) is 12.8 Å². The largest absolute Gasteiger partial charge is 0.409 e. The van der Waals surface area contributed by atoms with Crippen molar-refractivity contribution in [3.63, 3.8) is 0 Å². The average molecular weight is 256 g/mol. The Morgan fingerprint density at radius 1 is 1.39 bits per heavy atom. The first-order valence-corrected chi connectivity index (χ1v) is 6.00. The van der Waals surface area contributed by atoms with Gasteiger partial charge in [0.2, 0.25) is 11.8 Å². The van der Waals surface area contributed by atoms with Gasteiger partial charge in [-0.15, -0.1) is 0 Å². The molecule has 102 valence electrons. The van der Waals surface area contributed by atoms with Crippen molar-refractivity contribution < 1.29 is 14.8 Å². The maximum absolute atomic E-state index is 12.0. The summed E-state index contributed by atoms with van der Waals surface area (Å²) in [5.74, 6) is -0.903. The SMILES string of the molecule is CC(C(=O)N1CCC(CC(N)=O)CC1)C(N)=NO. The van der Waals surface area contributed by atoms with Crippen molar-refractivity contribution in [2.75, 3.05) is 13.1 Å². The Morgan fingerprint density at radius 3 is 2.39 bits per heavy atom. The monoisotopic (exact) mass is 256 g/mol. The smallest absolute Gasteiger partial charge is 0.233 e. The molecular weight excluding hydrogens is 236 g/mol. The normalized spacial score (nSPS) is 19.6. The van der Waals surface area contributed by atoms with Crippen LogP contribution < -0.4 is 11.5 Å². The van der Waals surface area contributed by atoms with Crippen molar-refractivity contribution >= 4 is 17.6 Å². The highest BCUT2D eigenvalue weighted by molar-refractivity contribution is 6.01. The summed E-state index contributed by atoms with van der Waals surface area (Å²) in [5.41, 5.74) is 10.6. The van der Waals surface area contributed by atoms with Crippen molar-refractivity contribution in [1.29, 1.82) is 0 Å². The molecule has 1 saturated heterocycles. The molecule has 1 fully saturated rings. The lowest BCUT2D eigenvalue weighted by molar-refractivity contribution is -0.134. The van der Waals surface area contributed by atoms with Crippen LogP contribution in [0.3, 0.4) is 0 Å². The highest BCUT2D eigenvalue weighted by Gasteiger charge is 2.28. The highest BCUT2D eigenvalue weighted by Crippen LogP contribution is 2.21. The van der Waals surface area contributed by atoms with E-state index in [2.05, 4.69) is 5.16 Å². The number of carbonyl (C=O) groups is 2. The quantitative estimate of drug-likeness (QED) is 0.271. The summed E-state index contributed by atoms with van der Waals surface area (Å²) >= 11 is 0. The van der Waals surface area contributed by atoms with Gasteiger partial charge in [0.25, 0.3) is 0 Å². The zero-order valence-corrected chi connectivity index (χ0v) is 10.5. The fourth-order valence-corrected chi connectivity index (χ4v) is 2.13. The zero-order valence-electron chi connectivity index (χ0n) is 10.5. The molecule has 0 aromatic heterocycles. The Kier molecular flexibility index (Phi) is 4.94. The van der Waals surface area contributed by atoms with Gasteiger partial charge in [-0.05, 0) is 25.7 Å². The van der Waals surface area contributed by atoms with Crippen molar-refractivity contribution in [3.8, 4) is 0 Å². The number of hydrogen-bond donors (Lipinski definition) is 3. The van der Waals surface area contributed by atoms with E-state index in [1.165, 1.54) is 0 Å². The Bertz CT molecular complexity index is 348. The number of piperidine rings is 1. The van der Waals surface area contributed by atoms with Crippen LogP contribution in [0, 0.1) is 11.8 Å². The van der Waals surface area contributed by atoms with Crippen LogP contribution in [0.2, 0.25) is 0 Å². The predicted octanol–water partition coefficient (Wildman–Crippen LogP) is -0.517. The molecule has 0 aromatic rings. The summed E-state index contributed by atoms with van der Waals surface area (Å²) in [6.07, 6.45) is 1.90. The Morgan fingerprint density at radius 2 is 1.94 bits per heavy atom. The van der Waals surface area contributed by atoms with Gasteiger partial charge in [-0.2, -0.15) is 0 Å². The van der Waals surface area contributed by atoms with Gasteiger partial charge in [0.15, 0.2) is 5.84 Å². The van der Waals surface area contributed by atoms with E-state index in [1.54, 1.807) is 11.8 Å². The number of carbonyl (C=O) groups excluding carboxylic acids is 2. The van der Waals surface area contributed by atoms with Gasteiger partial charge in [0.1, 0.15) is 0 Å². The van der Waals surface area contributed by atoms with E-state index < -0.39 is 5.92 Å². The molecule has 0 radical (unpaired) electrons. The predicted molar refractivity (Wildman–Crippen MR) is 65.7 cm³/mol. The molecule has 0 spiro atoms. The molecule has 5 N–H and O–H groups in total. The van der Waals surface area contributed by atoms with Gasteiger partial charge in [-0.3, -0.25) is 9.59 Å². The van der Waals surface area contributed by atoms with Crippen LogP contribution in [0.5, 0.6) is 0 Å². The van der Waals surface area contributed by atoms with E-state index in [1.807, 2.05) is 0 Å². The van der Waals surface area contributed by atoms with Gasteiger partial charge >= 0.3 is 0 Å². The molecule has 0 aliphatic carbocycles. The van der Waals surface area contributed by atoms with Gasteiger partial charge in [0, 0.05) is 19.5 Å². The maximum atomic E-state index is 12.0. The summed E-state index contributed by atoms with van der Waals surface area (Å²) < 4.78 is 0. The molecule has 0 bridgehead atoms. The second kappa shape index (κ2) is 6.23. The summed E-state index contributed by atoms with van der Waals surface area (Å²) in [7, 11) is 0. The Hall–Kier alpha value is -1.79. The maximum Gasteiger partial charge on any atom is 0.233 e. The van der Waals surface area contributed by atoms with E-state index in [9.17, 15) is 9.59 Å². The third kappa shape index (κ3) is 3.61. The molecular formula is C11H20N4O3. The number of amides is 2. The van der Waals surface area contributed by atoms with Crippen LogP contribution >= 0.6 is 0 Å². The minimum atomic E-state index is -0.623. The fraction of sp³-hybridized carbons (Fsp3) is 0.727.